The molecule has 1 unspecified atom stereocenters. The highest BCUT2D eigenvalue weighted by Crippen LogP contribution is 2.18. The summed E-state index contributed by atoms with van der Waals surface area (Å²) in [7, 11) is 0. The summed E-state index contributed by atoms with van der Waals surface area (Å²) in [5, 5.41) is 13.1. The molecule has 1 N–H and O–H groups in total. The number of nitro benzene ring substituents is 1. The molecule has 0 spiro atoms. The van der Waals surface area contributed by atoms with E-state index in [9.17, 15) is 14.9 Å². The Balaban J connectivity index is 2.83. The van der Waals surface area contributed by atoms with Crippen LogP contribution in [0.1, 0.15) is 22.8 Å². The summed E-state index contributed by atoms with van der Waals surface area (Å²) < 4.78 is 0. The van der Waals surface area contributed by atoms with Gasteiger partial charge in [0.25, 0.3) is 11.6 Å². The molecule has 1 aromatic rings. The Kier molecular flexibility index (Phi) is 4.45. The highest BCUT2D eigenvalue weighted by atomic mass is 35.5. The highest BCUT2D eigenvalue weighted by molar-refractivity contribution is 6.20. The molecule has 0 aliphatic carbocycles. The molecule has 5 nitrogen and oxygen atoms in total. The molecule has 0 fully saturated rings. The van der Waals surface area contributed by atoms with Crippen LogP contribution >= 0.6 is 11.6 Å². The summed E-state index contributed by atoms with van der Waals surface area (Å²) in [5.41, 5.74) is 0.860. The summed E-state index contributed by atoms with van der Waals surface area (Å²) in [6.45, 7) is 3.72. The monoisotopic (exact) mass is 256 g/mol. The maximum Gasteiger partial charge on any atom is 0.272 e. The van der Waals surface area contributed by atoms with E-state index in [1.165, 1.54) is 18.2 Å². The third-order valence-electron chi connectivity index (χ3n) is 2.20. The van der Waals surface area contributed by atoms with Gasteiger partial charge in [-0.3, -0.25) is 14.9 Å². The van der Waals surface area contributed by atoms with E-state index in [0.717, 1.165) is 0 Å². The van der Waals surface area contributed by atoms with E-state index in [4.69, 9.17) is 11.6 Å². The second-order valence-electron chi connectivity index (χ2n) is 3.75. The van der Waals surface area contributed by atoms with Gasteiger partial charge in [0, 0.05) is 29.1 Å². The zero-order valence-electron chi connectivity index (χ0n) is 9.57. The van der Waals surface area contributed by atoms with Crippen LogP contribution in [0.5, 0.6) is 0 Å². The van der Waals surface area contributed by atoms with Gasteiger partial charge in [-0.15, -0.1) is 11.6 Å². The van der Waals surface area contributed by atoms with Gasteiger partial charge < -0.3 is 5.32 Å². The molecule has 92 valence electrons. The molecule has 1 aromatic carbocycles. The lowest BCUT2D eigenvalue weighted by Crippen LogP contribution is -2.28. The Morgan fingerprint density at radius 2 is 2.24 bits per heavy atom. The van der Waals surface area contributed by atoms with Gasteiger partial charge in [0.1, 0.15) is 0 Å². The second kappa shape index (κ2) is 5.63. The minimum atomic E-state index is -0.474. The topological polar surface area (TPSA) is 72.2 Å². The van der Waals surface area contributed by atoms with E-state index in [1.807, 2.05) is 0 Å². The number of amides is 1. The Morgan fingerprint density at radius 3 is 2.71 bits per heavy atom. The first-order chi connectivity index (χ1) is 7.91. The summed E-state index contributed by atoms with van der Waals surface area (Å²) >= 11 is 5.70. The number of alkyl halides is 1. The Hall–Kier alpha value is -1.62. The molecular formula is C11H13ClN2O3. The zero-order valence-corrected chi connectivity index (χ0v) is 10.3. The first-order valence-corrected chi connectivity index (χ1v) is 5.52. The van der Waals surface area contributed by atoms with Gasteiger partial charge >= 0.3 is 0 Å². The standard InChI is InChI=1S/C11H13ClN2O3/c1-7-5-9(3-4-10(7)14(16)17)11(15)13-6-8(2)12/h3-5,8H,6H2,1-2H3,(H,13,15). The van der Waals surface area contributed by atoms with E-state index in [0.29, 0.717) is 17.7 Å². The van der Waals surface area contributed by atoms with Crippen LogP contribution < -0.4 is 5.32 Å². The van der Waals surface area contributed by atoms with Crippen LogP contribution in [0.4, 0.5) is 5.69 Å². The summed E-state index contributed by atoms with van der Waals surface area (Å²) in [4.78, 5) is 21.8. The quantitative estimate of drug-likeness (QED) is 0.510. The van der Waals surface area contributed by atoms with E-state index >= 15 is 0 Å². The lowest BCUT2D eigenvalue weighted by Gasteiger charge is -2.07. The first-order valence-electron chi connectivity index (χ1n) is 5.09. The zero-order chi connectivity index (χ0) is 13.0. The van der Waals surface area contributed by atoms with Crippen molar-refractivity contribution in [2.75, 3.05) is 6.54 Å². The Bertz CT molecular complexity index is 446. The van der Waals surface area contributed by atoms with Crippen LogP contribution in [-0.4, -0.2) is 22.8 Å². The smallest absolute Gasteiger partial charge is 0.272 e. The maximum atomic E-state index is 11.6. The van der Waals surface area contributed by atoms with Crippen molar-refractivity contribution in [3.05, 3.63) is 39.4 Å². The lowest BCUT2D eigenvalue weighted by atomic mass is 10.1. The second-order valence-corrected chi connectivity index (χ2v) is 4.49. The number of nitro groups is 1. The number of benzene rings is 1. The number of carbonyl (C=O) groups excluding carboxylic acids is 1. The van der Waals surface area contributed by atoms with Crippen LogP contribution in [-0.2, 0) is 0 Å². The van der Waals surface area contributed by atoms with E-state index in [1.54, 1.807) is 13.8 Å². The molecule has 0 saturated heterocycles. The van der Waals surface area contributed by atoms with Crippen molar-refractivity contribution in [3.63, 3.8) is 0 Å². The predicted molar refractivity (Wildman–Crippen MR) is 65.5 cm³/mol. The van der Waals surface area contributed by atoms with Crippen molar-refractivity contribution in [2.45, 2.75) is 19.2 Å². The number of hydrogen-bond donors (Lipinski definition) is 1. The van der Waals surface area contributed by atoms with Crippen molar-refractivity contribution >= 4 is 23.2 Å². The van der Waals surface area contributed by atoms with Crippen LogP contribution in [0.15, 0.2) is 18.2 Å². The molecule has 0 aromatic heterocycles. The number of halogens is 1. The number of aryl methyl sites for hydroxylation is 1. The fourth-order valence-electron chi connectivity index (χ4n) is 1.34. The van der Waals surface area contributed by atoms with Crippen molar-refractivity contribution in [1.82, 2.24) is 5.32 Å². The largest absolute Gasteiger partial charge is 0.351 e. The average molecular weight is 257 g/mol. The molecule has 0 heterocycles. The van der Waals surface area contributed by atoms with Crippen LogP contribution in [0.2, 0.25) is 0 Å². The number of nitrogens with one attached hydrogen (secondary N) is 1. The molecule has 1 rings (SSSR count). The molecule has 1 amide bonds. The SMILES string of the molecule is Cc1cc(C(=O)NCC(C)Cl)ccc1[N+](=O)[O-]. The van der Waals surface area contributed by atoms with Crippen molar-refractivity contribution in [1.29, 1.82) is 0 Å². The van der Waals surface area contributed by atoms with Crippen molar-refractivity contribution < 1.29 is 9.72 Å². The summed E-state index contributed by atoms with van der Waals surface area (Å²) in [5.74, 6) is -0.282. The van der Waals surface area contributed by atoms with Crippen molar-refractivity contribution in [3.8, 4) is 0 Å². The van der Waals surface area contributed by atoms with Gasteiger partial charge in [-0.05, 0) is 26.0 Å². The van der Waals surface area contributed by atoms with Gasteiger partial charge in [-0.2, -0.15) is 0 Å². The highest BCUT2D eigenvalue weighted by Gasteiger charge is 2.13. The summed E-state index contributed by atoms with van der Waals surface area (Å²) in [6.07, 6.45) is 0. The Morgan fingerprint density at radius 1 is 1.59 bits per heavy atom. The van der Waals surface area contributed by atoms with Gasteiger partial charge in [-0.25, -0.2) is 0 Å². The molecular weight excluding hydrogens is 244 g/mol. The average Bonchev–Trinajstić information content (AvgIpc) is 2.25. The van der Waals surface area contributed by atoms with E-state index in [2.05, 4.69) is 5.32 Å². The lowest BCUT2D eigenvalue weighted by molar-refractivity contribution is -0.385. The van der Waals surface area contributed by atoms with Crippen molar-refractivity contribution in [2.24, 2.45) is 0 Å². The minimum Gasteiger partial charge on any atom is -0.351 e. The van der Waals surface area contributed by atoms with Crippen LogP contribution in [0.3, 0.4) is 0 Å². The number of nitrogens with zero attached hydrogens (tertiary/aromatic N) is 1. The maximum absolute atomic E-state index is 11.6. The van der Waals surface area contributed by atoms with Crippen LogP contribution in [0.25, 0.3) is 0 Å². The first kappa shape index (κ1) is 13.4. The normalized spacial score (nSPS) is 11.9. The minimum absolute atomic E-state index is 0.00672. The molecule has 0 bridgehead atoms. The molecule has 0 radical (unpaired) electrons. The number of hydrogen-bond acceptors (Lipinski definition) is 3. The Labute approximate surface area is 104 Å². The number of carbonyl (C=O) groups is 1. The fraction of sp³-hybridized carbons (Fsp3) is 0.364. The molecule has 17 heavy (non-hydrogen) atoms. The third kappa shape index (κ3) is 3.71. The molecule has 0 aliphatic rings. The number of rotatable bonds is 4. The van der Waals surface area contributed by atoms with Gasteiger partial charge in [0.2, 0.25) is 0 Å². The van der Waals surface area contributed by atoms with Gasteiger partial charge in [-0.1, -0.05) is 0 Å². The van der Waals surface area contributed by atoms with E-state index in [-0.39, 0.29) is 17.0 Å². The summed E-state index contributed by atoms with van der Waals surface area (Å²) in [6, 6.07) is 4.25. The molecule has 0 saturated carbocycles. The molecule has 6 heteroatoms. The predicted octanol–water partition coefficient (Wildman–Crippen LogP) is 2.26. The van der Waals surface area contributed by atoms with E-state index < -0.39 is 4.92 Å². The fourth-order valence-corrected chi connectivity index (χ4v) is 1.41. The molecule has 0 aliphatic heterocycles. The third-order valence-corrected chi connectivity index (χ3v) is 2.35. The van der Waals surface area contributed by atoms with Gasteiger partial charge in [0.15, 0.2) is 0 Å². The molecule has 1 atom stereocenters. The van der Waals surface area contributed by atoms with Gasteiger partial charge in [0.05, 0.1) is 4.92 Å². The van der Waals surface area contributed by atoms with Crippen LogP contribution in [0, 0.1) is 17.0 Å².